The molecule has 0 bridgehead atoms. The second kappa shape index (κ2) is 11.1. The fraction of sp³-hybridized carbons (Fsp3) is 0.321. The van der Waals surface area contributed by atoms with Gasteiger partial charge in [0.1, 0.15) is 17.4 Å². The molecule has 4 rings (SSSR count). The molecular weight excluding hydrogens is 493 g/mol. The van der Waals surface area contributed by atoms with Gasteiger partial charge < -0.3 is 20.1 Å². The van der Waals surface area contributed by atoms with Gasteiger partial charge >= 0.3 is 11.9 Å². The number of hydrogen-bond donors (Lipinski definition) is 2. The van der Waals surface area contributed by atoms with E-state index in [0.717, 1.165) is 5.56 Å². The first-order valence-electron chi connectivity index (χ1n) is 12.1. The van der Waals surface area contributed by atoms with E-state index in [1.807, 2.05) is 37.3 Å². The summed E-state index contributed by atoms with van der Waals surface area (Å²) in [5.41, 5.74) is 1.50. The fourth-order valence-electron chi connectivity index (χ4n) is 4.83. The van der Waals surface area contributed by atoms with Gasteiger partial charge in [-0.25, -0.2) is 14.2 Å². The molecule has 7 nitrogen and oxygen atoms in total. The molecule has 1 aliphatic rings. The Bertz CT molecular complexity index is 1310. The minimum atomic E-state index is -1.10. The lowest BCUT2D eigenvalue weighted by Crippen LogP contribution is -2.62. The van der Waals surface area contributed by atoms with Crippen molar-refractivity contribution in [3.05, 3.63) is 82.6 Å². The lowest BCUT2D eigenvalue weighted by Gasteiger charge is -2.46. The van der Waals surface area contributed by atoms with Gasteiger partial charge in [-0.1, -0.05) is 42.5 Å². The van der Waals surface area contributed by atoms with Crippen molar-refractivity contribution in [2.24, 2.45) is 5.92 Å². The van der Waals surface area contributed by atoms with Crippen molar-refractivity contribution in [3.8, 4) is 11.3 Å². The second-order valence-electron chi connectivity index (χ2n) is 8.85. The molecule has 0 saturated heterocycles. The van der Waals surface area contributed by atoms with Crippen LogP contribution in [-0.2, 0) is 19.1 Å². The van der Waals surface area contributed by atoms with E-state index in [1.165, 1.54) is 17.4 Å². The molecule has 3 aromatic rings. The molecule has 3 atom stereocenters. The highest BCUT2D eigenvalue weighted by atomic mass is 32.1. The van der Waals surface area contributed by atoms with Crippen LogP contribution in [0.25, 0.3) is 11.3 Å². The fourth-order valence-corrected chi connectivity index (χ4v) is 5.66. The molecule has 194 valence electrons. The summed E-state index contributed by atoms with van der Waals surface area (Å²) in [6.45, 7) is 7.49. The van der Waals surface area contributed by atoms with Crippen LogP contribution >= 0.6 is 11.3 Å². The third-order valence-corrected chi connectivity index (χ3v) is 7.09. The summed E-state index contributed by atoms with van der Waals surface area (Å²) >= 11 is 1.30. The molecule has 0 amide bonds. The zero-order chi connectivity index (χ0) is 26.6. The standard InChI is InChI=1S/C28H30FN3O4S/c1-5-35-25(33)22-17(3)31-28(4,24(26(34)36-6-2)23(22)18-12-8-7-9-13-18)32-27-30-21(16-37-27)19-14-10-11-15-20(19)29/h7-16,23-24,31H,5-6H2,1-4H3,(H,30,32). The molecule has 0 aliphatic carbocycles. The van der Waals surface area contributed by atoms with Crippen LogP contribution in [0.5, 0.6) is 0 Å². The van der Waals surface area contributed by atoms with E-state index in [4.69, 9.17) is 9.47 Å². The van der Waals surface area contributed by atoms with Crippen molar-refractivity contribution in [1.29, 1.82) is 0 Å². The number of esters is 2. The summed E-state index contributed by atoms with van der Waals surface area (Å²) in [5, 5.41) is 8.95. The Hall–Kier alpha value is -3.72. The smallest absolute Gasteiger partial charge is 0.336 e. The molecule has 0 radical (unpaired) electrons. The van der Waals surface area contributed by atoms with Gasteiger partial charge in [-0.15, -0.1) is 11.3 Å². The summed E-state index contributed by atoms with van der Waals surface area (Å²) < 4.78 is 25.3. The minimum Gasteiger partial charge on any atom is -0.466 e. The van der Waals surface area contributed by atoms with Crippen LogP contribution in [0.15, 0.2) is 71.2 Å². The van der Waals surface area contributed by atoms with E-state index in [2.05, 4.69) is 15.6 Å². The molecule has 1 aromatic heterocycles. The van der Waals surface area contributed by atoms with Crippen LogP contribution in [0.4, 0.5) is 9.52 Å². The molecular formula is C28H30FN3O4S. The first-order valence-corrected chi connectivity index (χ1v) is 13.0. The third kappa shape index (κ3) is 5.36. The second-order valence-corrected chi connectivity index (χ2v) is 9.71. The normalized spacial score (nSPS) is 21.2. The number of ether oxygens (including phenoxy) is 2. The molecule has 0 saturated carbocycles. The average molecular weight is 524 g/mol. The van der Waals surface area contributed by atoms with Crippen molar-refractivity contribution in [2.45, 2.75) is 39.3 Å². The van der Waals surface area contributed by atoms with Crippen LogP contribution in [0.2, 0.25) is 0 Å². The van der Waals surface area contributed by atoms with E-state index < -0.39 is 29.4 Å². The highest BCUT2D eigenvalue weighted by molar-refractivity contribution is 7.14. The lowest BCUT2D eigenvalue weighted by atomic mass is 9.71. The molecule has 1 aliphatic heterocycles. The number of thiazole rings is 1. The van der Waals surface area contributed by atoms with Crippen molar-refractivity contribution in [1.82, 2.24) is 10.3 Å². The van der Waals surface area contributed by atoms with Crippen LogP contribution in [-0.4, -0.2) is 35.8 Å². The number of allylic oxidation sites excluding steroid dienone is 1. The first kappa shape index (κ1) is 26.3. The van der Waals surface area contributed by atoms with E-state index in [0.29, 0.717) is 27.7 Å². The number of benzene rings is 2. The number of hydrogen-bond acceptors (Lipinski definition) is 8. The number of carbonyl (C=O) groups is 2. The van der Waals surface area contributed by atoms with Gasteiger partial charge in [-0.2, -0.15) is 0 Å². The molecule has 0 fully saturated rings. The quantitative estimate of drug-likeness (QED) is 0.378. The van der Waals surface area contributed by atoms with Crippen LogP contribution < -0.4 is 10.6 Å². The van der Waals surface area contributed by atoms with Gasteiger partial charge in [0.05, 0.1) is 24.5 Å². The highest BCUT2D eigenvalue weighted by Gasteiger charge is 2.53. The predicted octanol–water partition coefficient (Wildman–Crippen LogP) is 5.48. The largest absolute Gasteiger partial charge is 0.466 e. The van der Waals surface area contributed by atoms with Gasteiger partial charge in [0.2, 0.25) is 0 Å². The summed E-state index contributed by atoms with van der Waals surface area (Å²) in [5.74, 6) is -2.84. The molecule has 3 unspecified atom stereocenters. The highest BCUT2D eigenvalue weighted by Crippen LogP contribution is 2.45. The molecule has 2 aromatic carbocycles. The molecule has 37 heavy (non-hydrogen) atoms. The molecule has 0 spiro atoms. The van der Waals surface area contributed by atoms with Crippen molar-refractivity contribution in [2.75, 3.05) is 18.5 Å². The Morgan fingerprint density at radius 2 is 1.76 bits per heavy atom. The Balaban J connectivity index is 1.81. The third-order valence-electron chi connectivity index (χ3n) is 6.33. The van der Waals surface area contributed by atoms with Crippen molar-refractivity contribution < 1.29 is 23.5 Å². The van der Waals surface area contributed by atoms with Gasteiger partial charge in [0.25, 0.3) is 0 Å². The Kier molecular flexibility index (Phi) is 7.92. The Morgan fingerprint density at radius 1 is 1.08 bits per heavy atom. The number of aromatic nitrogens is 1. The SMILES string of the molecule is CCOC(=O)C1=C(C)NC(C)(Nc2nc(-c3ccccc3F)cs2)C(C(=O)OCC)C1c1ccccc1. The van der Waals surface area contributed by atoms with Gasteiger partial charge in [-0.05, 0) is 45.4 Å². The van der Waals surface area contributed by atoms with Crippen molar-refractivity contribution >= 4 is 28.4 Å². The topological polar surface area (TPSA) is 89.5 Å². The van der Waals surface area contributed by atoms with Crippen LogP contribution in [0.1, 0.15) is 39.2 Å². The number of carbonyl (C=O) groups excluding carboxylic acids is 2. The van der Waals surface area contributed by atoms with Crippen molar-refractivity contribution in [3.63, 3.8) is 0 Å². The number of rotatable bonds is 8. The van der Waals surface area contributed by atoms with Crippen LogP contribution in [0.3, 0.4) is 0 Å². The minimum absolute atomic E-state index is 0.180. The number of halogens is 1. The average Bonchev–Trinajstić information content (AvgIpc) is 3.32. The lowest BCUT2D eigenvalue weighted by molar-refractivity contribution is -0.152. The number of nitrogens with one attached hydrogen (secondary N) is 2. The van der Waals surface area contributed by atoms with Crippen LogP contribution in [0, 0.1) is 11.7 Å². The number of nitrogens with zero attached hydrogens (tertiary/aromatic N) is 1. The zero-order valence-corrected chi connectivity index (χ0v) is 22.0. The maximum atomic E-state index is 14.4. The summed E-state index contributed by atoms with van der Waals surface area (Å²) in [7, 11) is 0. The van der Waals surface area contributed by atoms with E-state index in [9.17, 15) is 14.0 Å². The maximum Gasteiger partial charge on any atom is 0.336 e. The maximum absolute atomic E-state index is 14.4. The molecule has 2 heterocycles. The summed E-state index contributed by atoms with van der Waals surface area (Å²) in [4.78, 5) is 31.3. The number of anilines is 1. The van der Waals surface area contributed by atoms with Gasteiger partial charge in [0, 0.05) is 22.6 Å². The summed E-state index contributed by atoms with van der Waals surface area (Å²) in [6.07, 6.45) is 0. The van der Waals surface area contributed by atoms with E-state index >= 15 is 0 Å². The first-order chi connectivity index (χ1) is 17.8. The summed E-state index contributed by atoms with van der Waals surface area (Å²) in [6, 6.07) is 15.8. The van der Waals surface area contributed by atoms with Gasteiger partial charge in [0.15, 0.2) is 5.13 Å². The van der Waals surface area contributed by atoms with E-state index in [1.54, 1.807) is 44.4 Å². The van der Waals surface area contributed by atoms with E-state index in [-0.39, 0.29) is 19.0 Å². The predicted molar refractivity (Wildman–Crippen MR) is 141 cm³/mol. The van der Waals surface area contributed by atoms with Gasteiger partial charge in [-0.3, -0.25) is 4.79 Å². The monoisotopic (exact) mass is 523 g/mol. The molecule has 2 N–H and O–H groups in total. The zero-order valence-electron chi connectivity index (χ0n) is 21.2. The molecule has 9 heteroatoms. The Labute approximate surface area is 219 Å². The Morgan fingerprint density at radius 3 is 2.43 bits per heavy atom.